The molecule has 0 aliphatic carbocycles. The molecule has 0 radical (unpaired) electrons. The number of carbonyl (C=O) groups excluding carboxylic acids is 1. The molecule has 1 aliphatic rings. The molecule has 4 rings (SSSR count). The van der Waals surface area contributed by atoms with Crippen LogP contribution in [0.1, 0.15) is 16.1 Å². The lowest BCUT2D eigenvalue weighted by Gasteiger charge is -1.97. The van der Waals surface area contributed by atoms with Gasteiger partial charge in [0, 0.05) is 5.39 Å². The topological polar surface area (TPSA) is 65.5 Å². The second kappa shape index (κ2) is 4.24. The number of Topliss-reactive ketones (excluding diaryl/α,β-unsaturated/α-hetero) is 1. The summed E-state index contributed by atoms with van der Waals surface area (Å²) in [6.45, 7) is 0. The fourth-order valence-electron chi connectivity index (χ4n) is 2.61. The largest absolute Gasteiger partial charge is 0.505 e. The van der Waals surface area contributed by atoms with Gasteiger partial charge in [0.1, 0.15) is 28.7 Å². The number of hydrogen-bond acceptors (Lipinski definition) is 3. The molecule has 3 aromatic rings. The van der Waals surface area contributed by atoms with Crippen LogP contribution in [0.2, 0.25) is 0 Å². The van der Waals surface area contributed by atoms with Crippen LogP contribution in [0.4, 0.5) is 14.5 Å². The number of rotatable bonds is 1. The van der Waals surface area contributed by atoms with Gasteiger partial charge in [-0.05, 0) is 24.3 Å². The van der Waals surface area contributed by atoms with E-state index in [9.17, 15) is 18.7 Å². The zero-order valence-electron chi connectivity index (χ0n) is 11.0. The minimum atomic E-state index is -0.623. The molecule has 0 amide bonds. The third kappa shape index (κ3) is 1.54. The number of benzene rings is 2. The number of H-pyrrole nitrogens is 1. The average Bonchev–Trinajstić information content (AvgIpc) is 3.01. The van der Waals surface area contributed by atoms with E-state index in [1.165, 1.54) is 36.4 Å². The molecule has 22 heavy (non-hydrogen) atoms. The number of fused-ring (bicyclic) bond motifs is 2. The fourth-order valence-corrected chi connectivity index (χ4v) is 2.61. The predicted molar refractivity (Wildman–Crippen MR) is 76.8 cm³/mol. The maximum absolute atomic E-state index is 13.8. The zero-order valence-corrected chi connectivity index (χ0v) is 11.0. The van der Waals surface area contributed by atoms with Crippen LogP contribution in [0.5, 0.6) is 5.75 Å². The Balaban J connectivity index is 1.97. The number of aliphatic imine (C=N–C) groups is 1. The van der Waals surface area contributed by atoms with Crippen molar-refractivity contribution in [2.24, 2.45) is 4.99 Å². The summed E-state index contributed by atoms with van der Waals surface area (Å²) in [6, 6.07) is 8.26. The number of para-hydroxylation sites is 2. The van der Waals surface area contributed by atoms with Gasteiger partial charge in [-0.15, -0.1) is 0 Å². The SMILES string of the molecule is O=C1C(c2[nH]c3c(F)cccc3c2O)=Nc2c(F)cccc21. The summed E-state index contributed by atoms with van der Waals surface area (Å²) in [5.41, 5.74) is -0.0228. The van der Waals surface area contributed by atoms with E-state index in [1.807, 2.05) is 0 Å². The summed E-state index contributed by atoms with van der Waals surface area (Å²) in [5, 5.41) is 10.5. The number of nitrogens with one attached hydrogen (secondary N) is 1. The minimum Gasteiger partial charge on any atom is -0.505 e. The molecule has 1 aliphatic heterocycles. The Bertz CT molecular complexity index is 989. The van der Waals surface area contributed by atoms with Crippen molar-refractivity contribution in [1.29, 1.82) is 0 Å². The fraction of sp³-hybridized carbons (Fsp3) is 0. The lowest BCUT2D eigenvalue weighted by atomic mass is 10.1. The first-order valence-corrected chi connectivity index (χ1v) is 6.49. The number of nitrogens with zero attached hydrogens (tertiary/aromatic N) is 1. The van der Waals surface area contributed by atoms with Gasteiger partial charge in [-0.1, -0.05) is 12.1 Å². The highest BCUT2D eigenvalue weighted by atomic mass is 19.1. The molecule has 0 saturated heterocycles. The zero-order chi connectivity index (χ0) is 15.4. The second-order valence-corrected chi connectivity index (χ2v) is 4.94. The molecule has 0 atom stereocenters. The Morgan fingerprint density at radius 3 is 2.50 bits per heavy atom. The summed E-state index contributed by atoms with van der Waals surface area (Å²) in [6.07, 6.45) is 0. The van der Waals surface area contributed by atoms with E-state index < -0.39 is 17.4 Å². The van der Waals surface area contributed by atoms with Crippen molar-refractivity contribution in [2.45, 2.75) is 0 Å². The Morgan fingerprint density at radius 2 is 1.77 bits per heavy atom. The highest BCUT2D eigenvalue weighted by Gasteiger charge is 2.31. The number of hydrogen-bond donors (Lipinski definition) is 2. The van der Waals surface area contributed by atoms with Gasteiger partial charge >= 0.3 is 0 Å². The lowest BCUT2D eigenvalue weighted by molar-refractivity contribution is 0.106. The van der Waals surface area contributed by atoms with Crippen molar-refractivity contribution in [3.05, 3.63) is 59.3 Å². The highest BCUT2D eigenvalue weighted by Crippen LogP contribution is 2.36. The van der Waals surface area contributed by atoms with Crippen molar-refractivity contribution in [3.8, 4) is 5.75 Å². The Kier molecular flexibility index (Phi) is 2.45. The van der Waals surface area contributed by atoms with Crippen LogP contribution in [0.25, 0.3) is 10.9 Å². The molecule has 0 spiro atoms. The smallest absolute Gasteiger partial charge is 0.215 e. The van der Waals surface area contributed by atoms with Gasteiger partial charge in [0.2, 0.25) is 5.78 Å². The molecule has 4 nitrogen and oxygen atoms in total. The summed E-state index contributed by atoms with van der Waals surface area (Å²) in [5.74, 6) is -1.98. The van der Waals surface area contributed by atoms with E-state index in [1.54, 1.807) is 0 Å². The first-order chi connectivity index (χ1) is 10.6. The quantitative estimate of drug-likeness (QED) is 0.722. The molecule has 1 aromatic heterocycles. The summed E-state index contributed by atoms with van der Waals surface area (Å²) >= 11 is 0. The molecule has 0 fully saturated rings. The summed E-state index contributed by atoms with van der Waals surface area (Å²) < 4.78 is 27.5. The third-order valence-corrected chi connectivity index (χ3v) is 3.66. The van der Waals surface area contributed by atoms with Crippen LogP contribution in [-0.4, -0.2) is 21.6 Å². The van der Waals surface area contributed by atoms with Crippen molar-refractivity contribution >= 4 is 28.1 Å². The molecular weight excluding hydrogens is 290 g/mol. The summed E-state index contributed by atoms with van der Waals surface area (Å²) in [7, 11) is 0. The van der Waals surface area contributed by atoms with E-state index in [0.29, 0.717) is 0 Å². The van der Waals surface area contributed by atoms with E-state index in [0.717, 1.165) is 0 Å². The molecule has 0 bridgehead atoms. The Hall–Kier alpha value is -3.02. The van der Waals surface area contributed by atoms with E-state index in [4.69, 9.17) is 0 Å². The van der Waals surface area contributed by atoms with Crippen LogP contribution in [-0.2, 0) is 0 Å². The Morgan fingerprint density at radius 1 is 1.05 bits per heavy atom. The van der Waals surface area contributed by atoms with Gasteiger partial charge in [0.15, 0.2) is 5.75 Å². The molecule has 2 aromatic carbocycles. The van der Waals surface area contributed by atoms with Gasteiger partial charge in [-0.25, -0.2) is 13.8 Å². The van der Waals surface area contributed by atoms with E-state index in [-0.39, 0.29) is 39.3 Å². The first kappa shape index (κ1) is 12.7. The molecule has 6 heteroatoms. The average molecular weight is 298 g/mol. The highest BCUT2D eigenvalue weighted by molar-refractivity contribution is 6.55. The van der Waals surface area contributed by atoms with Gasteiger partial charge < -0.3 is 10.1 Å². The van der Waals surface area contributed by atoms with Crippen molar-refractivity contribution < 1.29 is 18.7 Å². The summed E-state index contributed by atoms with van der Waals surface area (Å²) in [4.78, 5) is 19.0. The predicted octanol–water partition coefficient (Wildman–Crippen LogP) is 3.47. The van der Waals surface area contributed by atoms with Crippen LogP contribution >= 0.6 is 0 Å². The number of aromatic amines is 1. The van der Waals surface area contributed by atoms with E-state index >= 15 is 0 Å². The molecule has 2 N–H and O–H groups in total. The van der Waals surface area contributed by atoms with Crippen molar-refractivity contribution in [1.82, 2.24) is 4.98 Å². The molecule has 0 unspecified atom stereocenters. The Labute approximate surface area is 122 Å². The van der Waals surface area contributed by atoms with E-state index in [2.05, 4.69) is 9.98 Å². The molecule has 0 saturated carbocycles. The maximum atomic E-state index is 13.8. The van der Waals surface area contributed by atoms with Gasteiger partial charge in [-0.3, -0.25) is 4.79 Å². The molecule has 108 valence electrons. The monoisotopic (exact) mass is 298 g/mol. The van der Waals surface area contributed by atoms with Gasteiger partial charge in [0.25, 0.3) is 0 Å². The van der Waals surface area contributed by atoms with Crippen LogP contribution < -0.4 is 0 Å². The first-order valence-electron chi connectivity index (χ1n) is 6.49. The van der Waals surface area contributed by atoms with Crippen LogP contribution in [0.3, 0.4) is 0 Å². The van der Waals surface area contributed by atoms with Crippen LogP contribution in [0.15, 0.2) is 41.4 Å². The van der Waals surface area contributed by atoms with Crippen molar-refractivity contribution in [2.75, 3.05) is 0 Å². The number of carbonyl (C=O) groups is 1. The third-order valence-electron chi connectivity index (χ3n) is 3.66. The maximum Gasteiger partial charge on any atom is 0.215 e. The normalized spacial score (nSPS) is 13.5. The molecule has 2 heterocycles. The number of aromatic hydroxyl groups is 1. The standard InChI is InChI=1S/C16H8F2N2O2/c17-9-5-1-3-7-11(9)19-13(15(7)21)14-16(22)8-4-2-6-10(18)12(8)20-14/h1-6,19,21H. The number of halogens is 2. The van der Waals surface area contributed by atoms with Crippen molar-refractivity contribution in [3.63, 3.8) is 0 Å². The van der Waals surface area contributed by atoms with Gasteiger partial charge in [0.05, 0.1) is 11.1 Å². The minimum absolute atomic E-state index is 0.0132. The molecular formula is C16H8F2N2O2. The lowest BCUT2D eigenvalue weighted by Crippen LogP contribution is -2.11. The second-order valence-electron chi connectivity index (χ2n) is 4.94. The van der Waals surface area contributed by atoms with Gasteiger partial charge in [-0.2, -0.15) is 0 Å². The van der Waals surface area contributed by atoms with Crippen LogP contribution in [0, 0.1) is 11.6 Å². The number of ketones is 1. The number of aromatic nitrogens is 1.